The van der Waals surface area contributed by atoms with Crippen LogP contribution in [0.4, 0.5) is 5.69 Å². The van der Waals surface area contributed by atoms with Crippen LogP contribution in [0.2, 0.25) is 0 Å². The van der Waals surface area contributed by atoms with Crippen molar-refractivity contribution >= 4 is 21.6 Å². The third-order valence-corrected chi connectivity index (χ3v) is 4.95. The van der Waals surface area contributed by atoms with Crippen molar-refractivity contribution in [3.05, 3.63) is 28.2 Å². The lowest BCUT2D eigenvalue weighted by Crippen LogP contribution is -2.47. The molecule has 2 aliphatic rings. The molecule has 1 N–H and O–H groups in total. The second kappa shape index (κ2) is 6.04. The number of rotatable bonds is 2. The van der Waals surface area contributed by atoms with Gasteiger partial charge in [0.2, 0.25) is 0 Å². The van der Waals surface area contributed by atoms with Crippen LogP contribution in [-0.4, -0.2) is 31.5 Å². The Morgan fingerprint density at radius 3 is 2.85 bits per heavy atom. The van der Waals surface area contributed by atoms with Gasteiger partial charge in [-0.05, 0) is 50.3 Å². The molecule has 1 atom stereocenters. The van der Waals surface area contributed by atoms with Gasteiger partial charge in [0.25, 0.3) is 0 Å². The second-order valence-electron chi connectivity index (χ2n) is 5.94. The summed E-state index contributed by atoms with van der Waals surface area (Å²) < 4.78 is 12.7. The molecule has 2 aliphatic heterocycles. The number of anilines is 1. The maximum absolute atomic E-state index is 6.10. The summed E-state index contributed by atoms with van der Waals surface area (Å²) in [6.45, 7) is 4.67. The summed E-state index contributed by atoms with van der Waals surface area (Å²) >= 11 is 3.55. The van der Waals surface area contributed by atoms with Gasteiger partial charge in [-0.3, -0.25) is 0 Å². The fourth-order valence-corrected chi connectivity index (χ4v) is 3.57. The Morgan fingerprint density at radius 1 is 1.25 bits per heavy atom. The first kappa shape index (κ1) is 14.4. The number of aryl methyl sites for hydroxylation is 1. The highest BCUT2D eigenvalue weighted by Crippen LogP contribution is 2.35. The number of halogens is 1. The number of hydrogen-bond donors (Lipinski definition) is 1. The van der Waals surface area contributed by atoms with Crippen molar-refractivity contribution in [1.82, 2.24) is 0 Å². The zero-order valence-corrected chi connectivity index (χ0v) is 13.5. The van der Waals surface area contributed by atoms with Gasteiger partial charge in [0.15, 0.2) is 0 Å². The molecule has 2 saturated heterocycles. The monoisotopic (exact) mass is 339 g/mol. The van der Waals surface area contributed by atoms with Gasteiger partial charge in [0, 0.05) is 36.0 Å². The molecule has 0 amide bonds. The predicted molar refractivity (Wildman–Crippen MR) is 84.3 cm³/mol. The molecule has 0 radical (unpaired) electrons. The standard InChI is InChI=1S/C16H22BrNO2/c1-12-2-3-13(17)10-15(12)18-14-4-7-20-16(11-14)5-8-19-9-6-16/h2-3,10,14,18H,4-9,11H2,1H3. The highest BCUT2D eigenvalue weighted by molar-refractivity contribution is 9.10. The summed E-state index contributed by atoms with van der Waals surface area (Å²) in [5.41, 5.74) is 2.57. The third-order valence-electron chi connectivity index (χ3n) is 4.46. The Labute approximate surface area is 129 Å². The summed E-state index contributed by atoms with van der Waals surface area (Å²) in [6.07, 6.45) is 4.22. The van der Waals surface area contributed by atoms with Gasteiger partial charge in [-0.2, -0.15) is 0 Å². The van der Waals surface area contributed by atoms with Gasteiger partial charge in [0.1, 0.15) is 0 Å². The van der Waals surface area contributed by atoms with E-state index in [0.29, 0.717) is 6.04 Å². The minimum atomic E-state index is 0.0497. The van der Waals surface area contributed by atoms with Gasteiger partial charge < -0.3 is 14.8 Å². The van der Waals surface area contributed by atoms with Crippen LogP contribution < -0.4 is 5.32 Å². The van der Waals surface area contributed by atoms with Gasteiger partial charge in [-0.15, -0.1) is 0 Å². The minimum Gasteiger partial charge on any atom is -0.382 e. The molecule has 2 fully saturated rings. The summed E-state index contributed by atoms with van der Waals surface area (Å²) in [5.74, 6) is 0. The summed E-state index contributed by atoms with van der Waals surface area (Å²) in [7, 11) is 0. The number of hydrogen-bond acceptors (Lipinski definition) is 3. The lowest BCUT2D eigenvalue weighted by atomic mass is 9.84. The van der Waals surface area contributed by atoms with E-state index in [4.69, 9.17) is 9.47 Å². The molecule has 110 valence electrons. The fourth-order valence-electron chi connectivity index (χ4n) is 3.21. The normalized spacial score (nSPS) is 25.6. The van der Waals surface area contributed by atoms with Crippen molar-refractivity contribution in [3.8, 4) is 0 Å². The van der Waals surface area contributed by atoms with Gasteiger partial charge >= 0.3 is 0 Å². The fraction of sp³-hybridized carbons (Fsp3) is 0.625. The van der Waals surface area contributed by atoms with Crippen LogP contribution in [-0.2, 0) is 9.47 Å². The van der Waals surface area contributed by atoms with Crippen molar-refractivity contribution in [2.45, 2.75) is 44.2 Å². The number of ether oxygens (including phenoxy) is 2. The van der Waals surface area contributed by atoms with Crippen molar-refractivity contribution < 1.29 is 9.47 Å². The zero-order chi connectivity index (χ0) is 14.0. The van der Waals surface area contributed by atoms with Crippen LogP contribution in [0.1, 0.15) is 31.2 Å². The van der Waals surface area contributed by atoms with Crippen molar-refractivity contribution in [3.63, 3.8) is 0 Å². The van der Waals surface area contributed by atoms with Crippen LogP contribution in [0.3, 0.4) is 0 Å². The first-order valence-corrected chi connectivity index (χ1v) is 8.21. The molecular weight excluding hydrogens is 318 g/mol. The highest BCUT2D eigenvalue weighted by atomic mass is 79.9. The number of nitrogens with one attached hydrogen (secondary N) is 1. The Morgan fingerprint density at radius 2 is 2.05 bits per heavy atom. The molecule has 0 aliphatic carbocycles. The molecule has 1 aromatic carbocycles. The van der Waals surface area contributed by atoms with Crippen LogP contribution in [0.5, 0.6) is 0 Å². The van der Waals surface area contributed by atoms with Crippen LogP contribution in [0, 0.1) is 6.92 Å². The molecule has 2 heterocycles. The molecular formula is C16H22BrNO2. The summed E-state index contributed by atoms with van der Waals surface area (Å²) in [4.78, 5) is 0. The molecule has 3 rings (SSSR count). The van der Waals surface area contributed by atoms with Crippen LogP contribution >= 0.6 is 15.9 Å². The average molecular weight is 340 g/mol. The SMILES string of the molecule is Cc1ccc(Br)cc1NC1CCOC2(CCOCC2)C1. The Kier molecular flexibility index (Phi) is 4.34. The van der Waals surface area contributed by atoms with Crippen LogP contribution in [0.25, 0.3) is 0 Å². The molecule has 1 aromatic rings. The predicted octanol–water partition coefficient (Wildman–Crippen LogP) is 3.90. The second-order valence-corrected chi connectivity index (χ2v) is 6.85. The smallest absolute Gasteiger partial charge is 0.0745 e. The molecule has 1 spiro atoms. The minimum absolute atomic E-state index is 0.0497. The molecule has 0 aromatic heterocycles. The van der Waals surface area contributed by atoms with Crippen LogP contribution in [0.15, 0.2) is 22.7 Å². The molecule has 0 saturated carbocycles. The van der Waals surface area contributed by atoms with E-state index >= 15 is 0 Å². The summed E-state index contributed by atoms with van der Waals surface area (Å²) in [5, 5.41) is 3.71. The van der Waals surface area contributed by atoms with Crippen molar-refractivity contribution in [2.24, 2.45) is 0 Å². The maximum atomic E-state index is 6.10. The Bertz CT molecular complexity index is 466. The molecule has 3 nitrogen and oxygen atoms in total. The third kappa shape index (κ3) is 3.18. The van der Waals surface area contributed by atoms with Gasteiger partial charge in [0.05, 0.1) is 5.60 Å². The van der Waals surface area contributed by atoms with E-state index in [1.807, 2.05) is 0 Å². The topological polar surface area (TPSA) is 30.5 Å². The lowest BCUT2D eigenvalue weighted by Gasteiger charge is -2.43. The number of benzene rings is 1. The molecule has 0 bridgehead atoms. The Hall–Kier alpha value is -0.580. The average Bonchev–Trinajstić information content (AvgIpc) is 2.44. The van der Waals surface area contributed by atoms with E-state index in [-0.39, 0.29) is 5.60 Å². The van der Waals surface area contributed by atoms with E-state index < -0.39 is 0 Å². The van der Waals surface area contributed by atoms with E-state index in [1.165, 1.54) is 11.3 Å². The Balaban J connectivity index is 1.69. The molecule has 1 unspecified atom stereocenters. The first-order chi connectivity index (χ1) is 9.67. The lowest BCUT2D eigenvalue weighted by molar-refractivity contribution is -0.135. The van der Waals surface area contributed by atoms with Gasteiger partial charge in [-0.25, -0.2) is 0 Å². The quantitative estimate of drug-likeness (QED) is 0.886. The molecule has 4 heteroatoms. The van der Waals surface area contributed by atoms with E-state index in [2.05, 4.69) is 46.4 Å². The summed E-state index contributed by atoms with van der Waals surface area (Å²) in [6, 6.07) is 6.90. The highest BCUT2D eigenvalue weighted by Gasteiger charge is 2.39. The first-order valence-electron chi connectivity index (χ1n) is 7.41. The van der Waals surface area contributed by atoms with Crippen molar-refractivity contribution in [2.75, 3.05) is 25.1 Å². The van der Waals surface area contributed by atoms with E-state index in [0.717, 1.165) is 50.0 Å². The van der Waals surface area contributed by atoms with Crippen molar-refractivity contribution in [1.29, 1.82) is 0 Å². The maximum Gasteiger partial charge on any atom is 0.0745 e. The van der Waals surface area contributed by atoms with E-state index in [1.54, 1.807) is 0 Å². The zero-order valence-electron chi connectivity index (χ0n) is 12.0. The van der Waals surface area contributed by atoms with E-state index in [9.17, 15) is 0 Å². The molecule has 20 heavy (non-hydrogen) atoms. The van der Waals surface area contributed by atoms with Gasteiger partial charge in [-0.1, -0.05) is 22.0 Å². The largest absolute Gasteiger partial charge is 0.382 e.